The third-order valence-corrected chi connectivity index (χ3v) is 2.05. The maximum atomic E-state index is 10.5. The summed E-state index contributed by atoms with van der Waals surface area (Å²) in [6.07, 6.45) is -1.06. The molecule has 4 heteroatoms. The molecule has 0 saturated carbocycles. The average molecular weight is 194 g/mol. The molecule has 1 rings (SSSR count). The SMILES string of the molecule is Cc1cccc(C)c1NC(N)C(=O)O. The van der Waals surface area contributed by atoms with Gasteiger partial charge in [-0.25, -0.2) is 4.79 Å². The van der Waals surface area contributed by atoms with Gasteiger partial charge in [-0.05, 0) is 25.0 Å². The second kappa shape index (κ2) is 4.11. The minimum Gasteiger partial charge on any atom is -0.479 e. The Morgan fingerprint density at radius 1 is 1.43 bits per heavy atom. The molecular formula is C10H14N2O2. The van der Waals surface area contributed by atoms with Crippen LogP contribution in [0.25, 0.3) is 0 Å². The van der Waals surface area contributed by atoms with Crippen molar-refractivity contribution in [2.24, 2.45) is 5.73 Å². The molecule has 1 aromatic carbocycles. The van der Waals surface area contributed by atoms with Crippen LogP contribution in [0.15, 0.2) is 18.2 Å². The monoisotopic (exact) mass is 194 g/mol. The van der Waals surface area contributed by atoms with Crippen molar-refractivity contribution >= 4 is 11.7 Å². The number of hydrogen-bond acceptors (Lipinski definition) is 3. The largest absolute Gasteiger partial charge is 0.479 e. The lowest BCUT2D eigenvalue weighted by atomic mass is 10.1. The number of aryl methyl sites for hydroxylation is 2. The van der Waals surface area contributed by atoms with Crippen LogP contribution < -0.4 is 11.1 Å². The standard InChI is InChI=1S/C10H14N2O2/c1-6-4-3-5-7(2)8(6)12-9(11)10(13)14/h3-5,9,12H,11H2,1-2H3,(H,13,14). The van der Waals surface area contributed by atoms with Gasteiger partial charge in [-0.15, -0.1) is 0 Å². The molecule has 76 valence electrons. The summed E-state index contributed by atoms with van der Waals surface area (Å²) in [6, 6.07) is 5.73. The van der Waals surface area contributed by atoms with E-state index in [2.05, 4.69) is 5.32 Å². The van der Waals surface area contributed by atoms with Crippen molar-refractivity contribution in [3.05, 3.63) is 29.3 Å². The van der Waals surface area contributed by atoms with E-state index in [0.717, 1.165) is 16.8 Å². The molecule has 4 nitrogen and oxygen atoms in total. The minimum absolute atomic E-state index is 0.794. The van der Waals surface area contributed by atoms with Crippen LogP contribution in [0.1, 0.15) is 11.1 Å². The molecule has 0 heterocycles. The number of nitrogens with two attached hydrogens (primary N) is 1. The lowest BCUT2D eigenvalue weighted by Crippen LogP contribution is -2.38. The lowest BCUT2D eigenvalue weighted by Gasteiger charge is -2.15. The first-order valence-corrected chi connectivity index (χ1v) is 4.33. The number of para-hydroxylation sites is 1. The Labute approximate surface area is 82.7 Å². The van der Waals surface area contributed by atoms with Crippen molar-refractivity contribution in [3.63, 3.8) is 0 Å². The second-order valence-corrected chi connectivity index (χ2v) is 3.23. The fourth-order valence-corrected chi connectivity index (χ4v) is 1.26. The molecule has 14 heavy (non-hydrogen) atoms. The summed E-state index contributed by atoms with van der Waals surface area (Å²) in [6.45, 7) is 3.81. The Balaban J connectivity index is 2.91. The number of anilines is 1. The van der Waals surface area contributed by atoms with Crippen molar-refractivity contribution < 1.29 is 9.90 Å². The van der Waals surface area contributed by atoms with Crippen LogP contribution in [0.4, 0.5) is 5.69 Å². The zero-order valence-corrected chi connectivity index (χ0v) is 8.24. The Morgan fingerprint density at radius 2 is 1.93 bits per heavy atom. The van der Waals surface area contributed by atoms with E-state index in [1.165, 1.54) is 0 Å². The van der Waals surface area contributed by atoms with Crippen LogP contribution in [0.5, 0.6) is 0 Å². The number of aliphatic carboxylic acids is 1. The predicted molar refractivity (Wildman–Crippen MR) is 55.1 cm³/mol. The molecular weight excluding hydrogens is 180 g/mol. The van der Waals surface area contributed by atoms with Gasteiger partial charge in [0.25, 0.3) is 0 Å². The Morgan fingerprint density at radius 3 is 2.36 bits per heavy atom. The van der Waals surface area contributed by atoms with Crippen molar-refractivity contribution in [2.45, 2.75) is 20.0 Å². The highest BCUT2D eigenvalue weighted by atomic mass is 16.4. The summed E-state index contributed by atoms with van der Waals surface area (Å²) < 4.78 is 0. The first-order chi connectivity index (χ1) is 6.52. The Bertz CT molecular complexity index is 330. The molecule has 4 N–H and O–H groups in total. The quantitative estimate of drug-likeness (QED) is 0.629. The number of benzene rings is 1. The molecule has 1 aromatic rings. The topological polar surface area (TPSA) is 75.3 Å². The first-order valence-electron chi connectivity index (χ1n) is 4.33. The van der Waals surface area contributed by atoms with Gasteiger partial charge in [-0.2, -0.15) is 0 Å². The van der Waals surface area contributed by atoms with E-state index < -0.39 is 12.1 Å². The highest BCUT2D eigenvalue weighted by molar-refractivity contribution is 5.77. The van der Waals surface area contributed by atoms with Gasteiger partial charge in [0.05, 0.1) is 0 Å². The molecule has 0 aliphatic rings. The fourth-order valence-electron chi connectivity index (χ4n) is 1.26. The van der Waals surface area contributed by atoms with E-state index in [1.54, 1.807) is 0 Å². The summed E-state index contributed by atoms with van der Waals surface area (Å²) in [5.74, 6) is -1.06. The fraction of sp³-hybridized carbons (Fsp3) is 0.300. The van der Waals surface area contributed by atoms with Crippen LogP contribution >= 0.6 is 0 Å². The molecule has 1 unspecified atom stereocenters. The number of carboxylic acid groups (broad SMARTS) is 1. The maximum Gasteiger partial charge on any atom is 0.341 e. The summed E-state index contributed by atoms with van der Waals surface area (Å²) in [5, 5.41) is 11.4. The van der Waals surface area contributed by atoms with Crippen LogP contribution in [-0.2, 0) is 4.79 Å². The molecule has 0 spiro atoms. The number of hydrogen-bond donors (Lipinski definition) is 3. The third kappa shape index (κ3) is 2.23. The van der Waals surface area contributed by atoms with E-state index in [1.807, 2.05) is 32.0 Å². The molecule has 0 bridgehead atoms. The zero-order chi connectivity index (χ0) is 10.7. The number of nitrogens with one attached hydrogen (secondary N) is 1. The Hall–Kier alpha value is -1.55. The van der Waals surface area contributed by atoms with Gasteiger partial charge in [0.1, 0.15) is 0 Å². The average Bonchev–Trinajstić information content (AvgIpc) is 2.11. The minimum atomic E-state index is -1.06. The zero-order valence-electron chi connectivity index (χ0n) is 8.24. The third-order valence-electron chi connectivity index (χ3n) is 2.05. The smallest absolute Gasteiger partial charge is 0.341 e. The van der Waals surface area contributed by atoms with E-state index in [0.29, 0.717) is 0 Å². The van der Waals surface area contributed by atoms with Gasteiger partial charge in [0, 0.05) is 5.69 Å². The van der Waals surface area contributed by atoms with Crippen LogP contribution in [-0.4, -0.2) is 17.2 Å². The summed E-state index contributed by atoms with van der Waals surface area (Å²) in [7, 11) is 0. The van der Waals surface area contributed by atoms with E-state index >= 15 is 0 Å². The van der Waals surface area contributed by atoms with Gasteiger partial charge < -0.3 is 16.2 Å². The van der Waals surface area contributed by atoms with E-state index in [4.69, 9.17) is 10.8 Å². The normalized spacial score (nSPS) is 12.2. The summed E-state index contributed by atoms with van der Waals surface area (Å²) >= 11 is 0. The van der Waals surface area contributed by atoms with Crippen molar-refractivity contribution in [2.75, 3.05) is 5.32 Å². The highest BCUT2D eigenvalue weighted by Gasteiger charge is 2.12. The van der Waals surface area contributed by atoms with Crippen molar-refractivity contribution in [3.8, 4) is 0 Å². The lowest BCUT2D eigenvalue weighted by molar-refractivity contribution is -0.137. The molecule has 0 amide bonds. The van der Waals surface area contributed by atoms with E-state index in [9.17, 15) is 4.79 Å². The van der Waals surface area contributed by atoms with Gasteiger partial charge in [-0.1, -0.05) is 18.2 Å². The molecule has 0 saturated heterocycles. The molecule has 0 aromatic heterocycles. The molecule has 0 aliphatic carbocycles. The van der Waals surface area contributed by atoms with Gasteiger partial charge in [0.2, 0.25) is 0 Å². The first kappa shape index (κ1) is 10.5. The van der Waals surface area contributed by atoms with Crippen LogP contribution in [0, 0.1) is 13.8 Å². The molecule has 0 fully saturated rings. The van der Waals surface area contributed by atoms with Crippen molar-refractivity contribution in [1.29, 1.82) is 0 Å². The van der Waals surface area contributed by atoms with Gasteiger partial charge >= 0.3 is 5.97 Å². The summed E-state index contributed by atoms with van der Waals surface area (Å²) in [5.41, 5.74) is 8.14. The van der Waals surface area contributed by atoms with E-state index in [-0.39, 0.29) is 0 Å². The Kier molecular flexibility index (Phi) is 3.09. The summed E-state index contributed by atoms with van der Waals surface area (Å²) in [4.78, 5) is 10.5. The van der Waals surface area contributed by atoms with Crippen LogP contribution in [0.3, 0.4) is 0 Å². The van der Waals surface area contributed by atoms with Gasteiger partial charge in [0.15, 0.2) is 6.17 Å². The number of carboxylic acids is 1. The predicted octanol–water partition coefficient (Wildman–Crippen LogP) is 1.08. The highest BCUT2D eigenvalue weighted by Crippen LogP contribution is 2.19. The number of carbonyl (C=O) groups is 1. The van der Waals surface area contributed by atoms with Crippen LogP contribution in [0.2, 0.25) is 0 Å². The second-order valence-electron chi connectivity index (χ2n) is 3.23. The van der Waals surface area contributed by atoms with Gasteiger partial charge in [-0.3, -0.25) is 0 Å². The molecule has 0 radical (unpaired) electrons. The molecule has 1 atom stereocenters. The molecule has 0 aliphatic heterocycles. The number of rotatable bonds is 3. The maximum absolute atomic E-state index is 10.5. The van der Waals surface area contributed by atoms with Crippen molar-refractivity contribution in [1.82, 2.24) is 0 Å².